The Kier molecular flexibility index (Phi) is 13.9. The molecule has 8 heteroatoms. The number of rotatable bonds is 10. The van der Waals surface area contributed by atoms with Gasteiger partial charge in [0.15, 0.2) is 5.96 Å². The highest BCUT2D eigenvalue weighted by molar-refractivity contribution is 14.0. The molecule has 0 heterocycles. The summed E-state index contributed by atoms with van der Waals surface area (Å²) in [6.45, 7) is 4.34. The van der Waals surface area contributed by atoms with Crippen molar-refractivity contribution in [3.05, 3.63) is 23.8 Å². The van der Waals surface area contributed by atoms with E-state index >= 15 is 0 Å². The predicted octanol–water partition coefficient (Wildman–Crippen LogP) is 3.65. The molecule has 0 bridgehead atoms. The van der Waals surface area contributed by atoms with Gasteiger partial charge in [-0.3, -0.25) is 4.99 Å². The Morgan fingerprint density at radius 3 is 2.27 bits per heavy atom. The van der Waals surface area contributed by atoms with E-state index in [-0.39, 0.29) is 30.5 Å². The molecule has 2 rings (SSSR count). The fraction of sp³-hybridized carbons (Fsp3) is 0.682. The van der Waals surface area contributed by atoms with Crippen molar-refractivity contribution in [1.82, 2.24) is 10.6 Å². The van der Waals surface area contributed by atoms with E-state index in [4.69, 9.17) is 14.2 Å². The first-order chi connectivity index (χ1) is 14.2. The maximum absolute atomic E-state index is 10.5. The molecule has 30 heavy (non-hydrogen) atoms. The first kappa shape index (κ1) is 26.8. The van der Waals surface area contributed by atoms with Crippen molar-refractivity contribution >= 4 is 29.9 Å². The van der Waals surface area contributed by atoms with Gasteiger partial charge in [-0.15, -0.1) is 24.0 Å². The highest BCUT2D eigenvalue weighted by Crippen LogP contribution is 2.26. The summed E-state index contributed by atoms with van der Waals surface area (Å²) in [7, 11) is 3.18. The van der Waals surface area contributed by atoms with E-state index < -0.39 is 6.10 Å². The second-order valence-electron chi connectivity index (χ2n) is 7.29. The van der Waals surface area contributed by atoms with E-state index in [2.05, 4.69) is 15.6 Å². The Labute approximate surface area is 198 Å². The minimum Gasteiger partial charge on any atom is -0.497 e. The average molecular weight is 535 g/mol. The summed E-state index contributed by atoms with van der Waals surface area (Å²) in [4.78, 5) is 4.51. The van der Waals surface area contributed by atoms with E-state index in [1.54, 1.807) is 32.4 Å². The molecule has 0 amide bonds. The molecule has 3 N–H and O–H groups in total. The monoisotopic (exact) mass is 535 g/mol. The summed E-state index contributed by atoms with van der Waals surface area (Å²) in [5.41, 5.74) is 0.706. The van der Waals surface area contributed by atoms with Gasteiger partial charge in [0.1, 0.15) is 11.5 Å². The van der Waals surface area contributed by atoms with Gasteiger partial charge < -0.3 is 30.0 Å². The molecule has 7 nitrogen and oxygen atoms in total. The van der Waals surface area contributed by atoms with Crippen LogP contribution in [0.4, 0.5) is 0 Å². The number of nitrogens with zero attached hydrogens (tertiary/aromatic N) is 1. The molecule has 1 atom stereocenters. The third kappa shape index (κ3) is 9.70. The van der Waals surface area contributed by atoms with Crippen molar-refractivity contribution in [2.45, 2.75) is 57.7 Å². The van der Waals surface area contributed by atoms with Gasteiger partial charge in [0, 0.05) is 19.2 Å². The second kappa shape index (κ2) is 15.5. The first-order valence-electron chi connectivity index (χ1n) is 10.7. The van der Waals surface area contributed by atoms with E-state index in [0.717, 1.165) is 6.54 Å². The van der Waals surface area contributed by atoms with Gasteiger partial charge in [0.25, 0.3) is 0 Å². The molecule has 0 aliphatic heterocycles. The van der Waals surface area contributed by atoms with Crippen LogP contribution in [0.25, 0.3) is 0 Å². The molecule has 0 radical (unpaired) electrons. The zero-order valence-electron chi connectivity index (χ0n) is 18.5. The number of aliphatic imine (C=N–C) groups is 1. The Morgan fingerprint density at radius 1 is 1.07 bits per heavy atom. The highest BCUT2D eigenvalue weighted by atomic mass is 127. The van der Waals surface area contributed by atoms with Gasteiger partial charge in [0.2, 0.25) is 0 Å². The van der Waals surface area contributed by atoms with Crippen LogP contribution in [0.5, 0.6) is 11.5 Å². The highest BCUT2D eigenvalue weighted by Gasteiger charge is 2.13. The van der Waals surface area contributed by atoms with Crippen LogP contribution >= 0.6 is 24.0 Å². The summed E-state index contributed by atoms with van der Waals surface area (Å²) in [5.74, 6) is 1.96. The summed E-state index contributed by atoms with van der Waals surface area (Å²) >= 11 is 0. The fourth-order valence-corrected chi connectivity index (χ4v) is 3.45. The van der Waals surface area contributed by atoms with E-state index in [0.29, 0.717) is 42.3 Å². The van der Waals surface area contributed by atoms with Gasteiger partial charge in [-0.05, 0) is 37.5 Å². The largest absolute Gasteiger partial charge is 0.497 e. The van der Waals surface area contributed by atoms with Crippen LogP contribution in [-0.2, 0) is 4.74 Å². The maximum atomic E-state index is 10.5. The van der Waals surface area contributed by atoms with Crippen LogP contribution in [0.1, 0.15) is 57.1 Å². The Balaban J connectivity index is 0.00000450. The summed E-state index contributed by atoms with van der Waals surface area (Å²) < 4.78 is 16.6. The molecule has 1 saturated carbocycles. The summed E-state index contributed by atoms with van der Waals surface area (Å²) in [5, 5.41) is 17.0. The molecule has 1 aliphatic carbocycles. The van der Waals surface area contributed by atoms with E-state index in [1.807, 2.05) is 6.92 Å². The SMILES string of the molecule is CCNC(=NCC(O)c1cc(OC)cc(OC)c1)NCCOC1CCCCCC1.I. The number of halogens is 1. The van der Waals surface area contributed by atoms with Gasteiger partial charge in [-0.25, -0.2) is 0 Å². The number of aliphatic hydroxyl groups is 1. The summed E-state index contributed by atoms with van der Waals surface area (Å²) in [6, 6.07) is 5.37. The average Bonchev–Trinajstić information content (AvgIpc) is 3.03. The van der Waals surface area contributed by atoms with Crippen LogP contribution in [0.3, 0.4) is 0 Å². The molecule has 1 fully saturated rings. The quantitative estimate of drug-likeness (QED) is 0.140. The van der Waals surface area contributed by atoms with Crippen LogP contribution in [0.15, 0.2) is 23.2 Å². The second-order valence-corrected chi connectivity index (χ2v) is 7.29. The molecule has 1 aromatic carbocycles. The number of hydrogen-bond donors (Lipinski definition) is 3. The fourth-order valence-electron chi connectivity index (χ4n) is 3.45. The topological polar surface area (TPSA) is 84.3 Å². The minimum atomic E-state index is -0.753. The molecule has 1 aromatic rings. The minimum absolute atomic E-state index is 0. The molecular formula is C22H38IN3O4. The number of guanidine groups is 1. The van der Waals surface area contributed by atoms with Gasteiger partial charge >= 0.3 is 0 Å². The van der Waals surface area contributed by atoms with Crippen molar-refractivity contribution in [3.63, 3.8) is 0 Å². The summed E-state index contributed by atoms with van der Waals surface area (Å²) in [6.07, 6.45) is 7.19. The molecule has 172 valence electrons. The third-order valence-electron chi connectivity index (χ3n) is 5.08. The number of aliphatic hydroxyl groups excluding tert-OH is 1. The lowest BCUT2D eigenvalue weighted by atomic mass is 10.1. The Hall–Kier alpha value is -1.26. The first-order valence-corrected chi connectivity index (χ1v) is 10.7. The van der Waals surface area contributed by atoms with Crippen LogP contribution < -0.4 is 20.1 Å². The molecular weight excluding hydrogens is 497 g/mol. The number of nitrogens with one attached hydrogen (secondary N) is 2. The zero-order valence-corrected chi connectivity index (χ0v) is 20.8. The van der Waals surface area contributed by atoms with Crippen molar-refractivity contribution in [3.8, 4) is 11.5 Å². The van der Waals surface area contributed by atoms with Crippen molar-refractivity contribution in [1.29, 1.82) is 0 Å². The van der Waals surface area contributed by atoms with Crippen LogP contribution in [-0.4, -0.2) is 57.6 Å². The van der Waals surface area contributed by atoms with E-state index in [1.165, 1.54) is 38.5 Å². The third-order valence-corrected chi connectivity index (χ3v) is 5.08. The lowest BCUT2D eigenvalue weighted by molar-refractivity contribution is 0.0468. The number of hydrogen-bond acceptors (Lipinski definition) is 5. The van der Waals surface area contributed by atoms with Crippen LogP contribution in [0, 0.1) is 0 Å². The molecule has 0 spiro atoms. The Bertz CT molecular complexity index is 600. The van der Waals surface area contributed by atoms with Crippen LogP contribution in [0.2, 0.25) is 0 Å². The zero-order chi connectivity index (χ0) is 20.9. The standard InChI is InChI=1S/C22H37N3O4.HI/c1-4-23-22(24-11-12-29-18-9-7-5-6-8-10-18)25-16-21(26)17-13-19(27-2)15-20(14-17)28-3;/h13-15,18,21,26H,4-12,16H2,1-3H3,(H2,23,24,25);1H. The maximum Gasteiger partial charge on any atom is 0.191 e. The van der Waals surface area contributed by atoms with Crippen molar-refractivity contribution < 1.29 is 19.3 Å². The smallest absolute Gasteiger partial charge is 0.191 e. The number of methoxy groups -OCH3 is 2. The lowest BCUT2D eigenvalue weighted by Gasteiger charge is -2.17. The van der Waals surface area contributed by atoms with Crippen molar-refractivity contribution in [2.24, 2.45) is 4.99 Å². The lowest BCUT2D eigenvalue weighted by Crippen LogP contribution is -2.39. The normalized spacial score (nSPS) is 16.2. The molecule has 0 aromatic heterocycles. The number of ether oxygens (including phenoxy) is 3. The molecule has 1 unspecified atom stereocenters. The van der Waals surface area contributed by atoms with E-state index in [9.17, 15) is 5.11 Å². The Morgan fingerprint density at radius 2 is 1.70 bits per heavy atom. The molecule has 1 aliphatic rings. The van der Waals surface area contributed by atoms with Gasteiger partial charge in [0.05, 0.1) is 39.6 Å². The predicted molar refractivity (Wildman–Crippen MR) is 131 cm³/mol. The molecule has 0 saturated heterocycles. The van der Waals surface area contributed by atoms with Gasteiger partial charge in [-0.2, -0.15) is 0 Å². The number of benzene rings is 1. The van der Waals surface area contributed by atoms with Gasteiger partial charge in [-0.1, -0.05) is 25.7 Å². The van der Waals surface area contributed by atoms with Crippen molar-refractivity contribution in [2.75, 3.05) is 40.5 Å².